The lowest BCUT2D eigenvalue weighted by Gasteiger charge is -2.33. The van der Waals surface area contributed by atoms with Crippen LogP contribution in [0.3, 0.4) is 0 Å². The number of fused-ring (bicyclic) bond motifs is 1. The van der Waals surface area contributed by atoms with Gasteiger partial charge in [0.1, 0.15) is 0 Å². The zero-order chi connectivity index (χ0) is 13.2. The second-order valence-electron chi connectivity index (χ2n) is 4.60. The monoisotopic (exact) mass is 248 g/mol. The molecule has 0 spiro atoms. The first kappa shape index (κ1) is 11.6. The van der Waals surface area contributed by atoms with Gasteiger partial charge in [-0.1, -0.05) is 36.9 Å². The van der Waals surface area contributed by atoms with Crippen LogP contribution in [0.4, 0.5) is 17.1 Å². The summed E-state index contributed by atoms with van der Waals surface area (Å²) in [7, 11) is 0. The highest BCUT2D eigenvalue weighted by atomic mass is 15.2. The van der Waals surface area contributed by atoms with E-state index >= 15 is 0 Å². The third-order valence-electron chi connectivity index (χ3n) is 3.21. The number of anilines is 3. The van der Waals surface area contributed by atoms with Crippen LogP contribution in [0.25, 0.3) is 0 Å². The highest BCUT2D eigenvalue weighted by molar-refractivity contribution is 5.83. The quantitative estimate of drug-likeness (QED) is 0.763. The van der Waals surface area contributed by atoms with E-state index in [9.17, 15) is 0 Å². The van der Waals surface area contributed by atoms with Gasteiger partial charge in [-0.05, 0) is 31.2 Å². The first-order valence-electron chi connectivity index (χ1n) is 6.34. The summed E-state index contributed by atoms with van der Waals surface area (Å²) in [5, 5.41) is 0. The minimum absolute atomic E-state index is 1.01. The van der Waals surface area contributed by atoms with Crippen molar-refractivity contribution in [3.05, 3.63) is 79.3 Å². The number of benzene rings is 2. The van der Waals surface area contributed by atoms with Gasteiger partial charge in [0.25, 0.3) is 0 Å². The van der Waals surface area contributed by atoms with Crippen LogP contribution in [0.2, 0.25) is 0 Å². The summed E-state index contributed by atoms with van der Waals surface area (Å²) in [6, 6.07) is 18.7. The van der Waals surface area contributed by atoms with Crippen LogP contribution in [0.15, 0.2) is 79.3 Å². The maximum atomic E-state index is 4.03. The molecule has 0 aromatic heterocycles. The van der Waals surface area contributed by atoms with Crippen LogP contribution >= 0.6 is 0 Å². The van der Waals surface area contributed by atoms with Crippen molar-refractivity contribution in [2.45, 2.75) is 6.92 Å². The van der Waals surface area contributed by atoms with E-state index in [1.807, 2.05) is 13.0 Å². The Labute approximate surface area is 113 Å². The Balaban J connectivity index is 2.11. The van der Waals surface area contributed by atoms with Crippen LogP contribution < -0.4 is 9.80 Å². The summed E-state index contributed by atoms with van der Waals surface area (Å²) in [4.78, 5) is 4.30. The van der Waals surface area contributed by atoms with Gasteiger partial charge in [0.05, 0.1) is 11.4 Å². The summed E-state index contributed by atoms with van der Waals surface area (Å²) in [6.07, 6.45) is 4.13. The molecule has 0 saturated heterocycles. The predicted octanol–water partition coefficient (Wildman–Crippen LogP) is 4.65. The van der Waals surface area contributed by atoms with Crippen LogP contribution in [0, 0.1) is 0 Å². The number of nitrogens with zero attached hydrogens (tertiary/aromatic N) is 2. The standard InChI is InChI=1S/C17H16N2/c1-14(2)18-12-13-19(15-8-4-3-5-9-15)17-11-7-6-10-16(17)18/h3-13H,1H2,2H3. The molecular formula is C17H16N2. The first-order valence-corrected chi connectivity index (χ1v) is 6.34. The molecule has 2 aromatic rings. The van der Waals surface area contributed by atoms with E-state index in [4.69, 9.17) is 0 Å². The molecule has 0 atom stereocenters. The van der Waals surface area contributed by atoms with Gasteiger partial charge in [0, 0.05) is 23.8 Å². The fourth-order valence-electron chi connectivity index (χ4n) is 2.31. The number of allylic oxidation sites excluding steroid dienone is 1. The molecule has 2 nitrogen and oxygen atoms in total. The Hall–Kier alpha value is -2.48. The second kappa shape index (κ2) is 4.65. The van der Waals surface area contributed by atoms with Gasteiger partial charge >= 0.3 is 0 Å². The number of hydrogen-bond acceptors (Lipinski definition) is 2. The number of rotatable bonds is 2. The Morgan fingerprint density at radius 1 is 0.842 bits per heavy atom. The molecule has 0 radical (unpaired) electrons. The Morgan fingerprint density at radius 2 is 1.47 bits per heavy atom. The van der Waals surface area contributed by atoms with Crippen molar-refractivity contribution in [2.75, 3.05) is 9.80 Å². The summed E-state index contributed by atoms with van der Waals surface area (Å²) in [5.41, 5.74) is 4.49. The fraction of sp³-hybridized carbons (Fsp3) is 0.0588. The normalized spacial score (nSPS) is 13.3. The molecule has 94 valence electrons. The van der Waals surface area contributed by atoms with Crippen LogP contribution in [-0.4, -0.2) is 0 Å². The van der Waals surface area contributed by atoms with Crippen molar-refractivity contribution in [1.29, 1.82) is 0 Å². The molecule has 0 aliphatic carbocycles. The lowest BCUT2D eigenvalue weighted by molar-refractivity contribution is 1.10. The molecule has 3 rings (SSSR count). The summed E-state index contributed by atoms with van der Waals surface area (Å²) in [6.45, 7) is 6.04. The second-order valence-corrected chi connectivity index (χ2v) is 4.60. The van der Waals surface area contributed by atoms with Gasteiger partial charge in [-0.2, -0.15) is 0 Å². The van der Waals surface area contributed by atoms with Crippen molar-refractivity contribution in [3.8, 4) is 0 Å². The van der Waals surface area contributed by atoms with E-state index in [2.05, 4.69) is 77.3 Å². The smallest absolute Gasteiger partial charge is 0.0697 e. The summed E-state index contributed by atoms with van der Waals surface area (Å²) in [5.74, 6) is 0. The van der Waals surface area contributed by atoms with Crippen LogP contribution in [-0.2, 0) is 0 Å². The molecule has 2 heteroatoms. The molecule has 1 aliphatic rings. The van der Waals surface area contributed by atoms with Crippen molar-refractivity contribution in [3.63, 3.8) is 0 Å². The molecule has 2 aromatic carbocycles. The maximum absolute atomic E-state index is 4.03. The lowest BCUT2D eigenvalue weighted by Crippen LogP contribution is -2.23. The minimum atomic E-state index is 1.01. The lowest BCUT2D eigenvalue weighted by atomic mass is 10.1. The highest BCUT2D eigenvalue weighted by Gasteiger charge is 2.19. The largest absolute Gasteiger partial charge is 0.318 e. The van der Waals surface area contributed by atoms with E-state index in [1.165, 1.54) is 5.69 Å². The van der Waals surface area contributed by atoms with Gasteiger partial charge < -0.3 is 9.80 Å². The van der Waals surface area contributed by atoms with Gasteiger partial charge in [-0.15, -0.1) is 0 Å². The zero-order valence-electron chi connectivity index (χ0n) is 11.0. The van der Waals surface area contributed by atoms with Gasteiger partial charge in [-0.3, -0.25) is 0 Å². The predicted molar refractivity (Wildman–Crippen MR) is 81.5 cm³/mol. The molecule has 0 fully saturated rings. The minimum Gasteiger partial charge on any atom is -0.318 e. The topological polar surface area (TPSA) is 6.48 Å². The molecule has 1 aliphatic heterocycles. The van der Waals surface area contributed by atoms with Gasteiger partial charge in [0.15, 0.2) is 0 Å². The molecule has 0 saturated carbocycles. The maximum Gasteiger partial charge on any atom is 0.0697 e. The van der Waals surface area contributed by atoms with E-state index in [0.29, 0.717) is 0 Å². The third-order valence-corrected chi connectivity index (χ3v) is 3.21. The van der Waals surface area contributed by atoms with E-state index in [0.717, 1.165) is 17.1 Å². The zero-order valence-corrected chi connectivity index (χ0v) is 11.0. The SMILES string of the molecule is C=C(C)N1C=CN(c2ccccc2)c2ccccc21. The van der Waals surface area contributed by atoms with E-state index in [-0.39, 0.29) is 0 Å². The molecular weight excluding hydrogens is 232 g/mol. The molecule has 19 heavy (non-hydrogen) atoms. The molecule has 1 heterocycles. The summed E-state index contributed by atoms with van der Waals surface area (Å²) >= 11 is 0. The van der Waals surface area contributed by atoms with E-state index in [1.54, 1.807) is 0 Å². The van der Waals surface area contributed by atoms with Gasteiger partial charge in [0.2, 0.25) is 0 Å². The van der Waals surface area contributed by atoms with E-state index < -0.39 is 0 Å². The first-order chi connectivity index (χ1) is 9.27. The Bertz CT molecular complexity index is 629. The Morgan fingerprint density at radius 3 is 2.16 bits per heavy atom. The average molecular weight is 248 g/mol. The number of para-hydroxylation sites is 3. The Kier molecular flexibility index (Phi) is 2.84. The third kappa shape index (κ3) is 2.02. The molecule has 0 amide bonds. The van der Waals surface area contributed by atoms with Crippen molar-refractivity contribution in [2.24, 2.45) is 0 Å². The highest BCUT2D eigenvalue weighted by Crippen LogP contribution is 2.39. The molecule has 0 unspecified atom stereocenters. The summed E-state index contributed by atoms with van der Waals surface area (Å²) < 4.78 is 0. The van der Waals surface area contributed by atoms with Crippen LogP contribution in [0.5, 0.6) is 0 Å². The van der Waals surface area contributed by atoms with Crippen molar-refractivity contribution in [1.82, 2.24) is 0 Å². The van der Waals surface area contributed by atoms with Gasteiger partial charge in [-0.25, -0.2) is 0 Å². The number of hydrogen-bond donors (Lipinski definition) is 0. The van der Waals surface area contributed by atoms with Crippen molar-refractivity contribution < 1.29 is 0 Å². The molecule has 0 N–H and O–H groups in total. The fourth-order valence-corrected chi connectivity index (χ4v) is 2.31. The average Bonchev–Trinajstić information content (AvgIpc) is 2.47. The molecule has 0 bridgehead atoms. The van der Waals surface area contributed by atoms with Crippen molar-refractivity contribution >= 4 is 17.1 Å². The van der Waals surface area contributed by atoms with Crippen LogP contribution in [0.1, 0.15) is 6.92 Å².